The van der Waals surface area contributed by atoms with Crippen LogP contribution in [0.5, 0.6) is 0 Å². The summed E-state index contributed by atoms with van der Waals surface area (Å²) < 4.78 is 0. The molecule has 138 valence electrons. The summed E-state index contributed by atoms with van der Waals surface area (Å²) >= 11 is 1.71. The van der Waals surface area contributed by atoms with E-state index in [1.54, 1.807) is 11.3 Å². The molecule has 0 saturated heterocycles. The van der Waals surface area contributed by atoms with Gasteiger partial charge in [0.05, 0.1) is 0 Å². The van der Waals surface area contributed by atoms with Gasteiger partial charge < -0.3 is 0 Å². The second kappa shape index (κ2) is 9.30. The van der Waals surface area contributed by atoms with Crippen molar-refractivity contribution in [2.24, 2.45) is 0 Å². The standard InChI is InChI=1S/C26H18NPS/c27-19-28-18-24-15-16-26(29-24)23-13-11-20(12-14-23)17-25(21-7-3-1-4-8-21)22-9-5-2-6-10-22/h1-18H. The molecule has 0 atom stereocenters. The van der Waals surface area contributed by atoms with E-state index < -0.39 is 0 Å². The lowest BCUT2D eigenvalue weighted by Gasteiger charge is -2.09. The van der Waals surface area contributed by atoms with Gasteiger partial charge in [0.2, 0.25) is 0 Å². The summed E-state index contributed by atoms with van der Waals surface area (Å²) in [5, 5.41) is 8.72. The van der Waals surface area contributed by atoms with E-state index in [4.69, 9.17) is 5.26 Å². The van der Waals surface area contributed by atoms with Gasteiger partial charge in [-0.2, -0.15) is 5.26 Å². The molecule has 0 aliphatic rings. The van der Waals surface area contributed by atoms with Crippen LogP contribution in [0.4, 0.5) is 0 Å². The number of hydrogen-bond donors (Lipinski definition) is 0. The average molecular weight is 407 g/mol. The minimum Gasteiger partial charge on any atom is -0.188 e. The third kappa shape index (κ3) is 4.79. The van der Waals surface area contributed by atoms with Crippen LogP contribution in [-0.2, 0) is 0 Å². The summed E-state index contributed by atoms with van der Waals surface area (Å²) in [4.78, 5) is 2.34. The van der Waals surface area contributed by atoms with Gasteiger partial charge in [-0.3, -0.25) is 0 Å². The molecular weight excluding hydrogens is 389 g/mol. The van der Waals surface area contributed by atoms with Gasteiger partial charge in [0, 0.05) is 18.0 Å². The number of benzene rings is 3. The Hall–Kier alpha value is -3.24. The van der Waals surface area contributed by atoms with Crippen molar-refractivity contribution in [2.45, 2.75) is 0 Å². The summed E-state index contributed by atoms with van der Waals surface area (Å²) in [5.74, 6) is 4.08. The summed E-state index contributed by atoms with van der Waals surface area (Å²) in [6, 6.07) is 33.8. The van der Waals surface area contributed by atoms with E-state index in [0.717, 1.165) is 4.88 Å². The Morgan fingerprint density at radius 2 is 1.38 bits per heavy atom. The highest BCUT2D eigenvalue weighted by atomic mass is 32.1. The Kier molecular flexibility index (Phi) is 6.13. The van der Waals surface area contributed by atoms with Crippen molar-refractivity contribution >= 4 is 37.0 Å². The fraction of sp³-hybridized carbons (Fsp3) is 0. The molecular formula is C26H18NPS. The Balaban J connectivity index is 1.66. The molecule has 0 N–H and O–H groups in total. The minimum absolute atomic E-state index is 0.686. The first kappa shape index (κ1) is 19.1. The summed E-state index contributed by atoms with van der Waals surface area (Å²) in [6.07, 6.45) is 2.24. The third-order valence-electron chi connectivity index (χ3n) is 4.55. The zero-order valence-electron chi connectivity index (χ0n) is 15.7. The summed E-state index contributed by atoms with van der Waals surface area (Å²) in [5.41, 5.74) is 5.99. The zero-order chi connectivity index (χ0) is 19.9. The van der Waals surface area contributed by atoms with E-state index in [0.29, 0.717) is 8.20 Å². The van der Waals surface area contributed by atoms with E-state index in [-0.39, 0.29) is 0 Å². The fourth-order valence-corrected chi connectivity index (χ4v) is 4.57. The Labute approximate surface area is 177 Å². The monoisotopic (exact) mass is 407 g/mol. The molecule has 0 saturated carbocycles. The Morgan fingerprint density at radius 1 is 0.759 bits per heavy atom. The van der Waals surface area contributed by atoms with Crippen molar-refractivity contribution in [1.82, 2.24) is 0 Å². The van der Waals surface area contributed by atoms with Crippen LogP contribution in [0.15, 0.2) is 97.1 Å². The van der Waals surface area contributed by atoms with Crippen LogP contribution in [0.1, 0.15) is 21.6 Å². The molecule has 0 aliphatic heterocycles. The molecule has 1 nitrogen and oxygen atoms in total. The summed E-state index contributed by atoms with van der Waals surface area (Å²) in [6.45, 7) is 0. The number of nitriles is 1. The highest BCUT2D eigenvalue weighted by Gasteiger charge is 2.06. The van der Waals surface area contributed by atoms with Gasteiger partial charge in [0.25, 0.3) is 0 Å². The quantitative estimate of drug-likeness (QED) is 0.247. The van der Waals surface area contributed by atoms with Crippen molar-refractivity contribution in [1.29, 1.82) is 5.26 Å². The van der Waals surface area contributed by atoms with Gasteiger partial charge >= 0.3 is 0 Å². The number of thiophene rings is 1. The molecule has 0 aliphatic carbocycles. The molecule has 3 heteroatoms. The maximum absolute atomic E-state index is 8.72. The van der Waals surface area contributed by atoms with E-state index in [9.17, 15) is 0 Å². The number of nitrogens with zero attached hydrogens (tertiary/aromatic N) is 1. The molecule has 0 spiro atoms. The topological polar surface area (TPSA) is 23.8 Å². The molecule has 4 rings (SSSR count). The molecule has 1 aromatic heterocycles. The first-order chi connectivity index (χ1) is 14.3. The number of rotatable bonds is 5. The normalized spacial score (nSPS) is 10.6. The van der Waals surface area contributed by atoms with Gasteiger partial charge in [-0.1, -0.05) is 84.9 Å². The molecule has 29 heavy (non-hydrogen) atoms. The van der Waals surface area contributed by atoms with Crippen molar-refractivity contribution in [3.05, 3.63) is 119 Å². The van der Waals surface area contributed by atoms with Crippen LogP contribution in [0.2, 0.25) is 0 Å². The molecule has 3 aromatic carbocycles. The van der Waals surface area contributed by atoms with Gasteiger partial charge in [-0.25, -0.2) is 0 Å². The lowest BCUT2D eigenvalue weighted by Crippen LogP contribution is -1.88. The average Bonchev–Trinajstić information content (AvgIpc) is 3.27. The maximum atomic E-state index is 8.72. The first-order valence-electron chi connectivity index (χ1n) is 9.28. The van der Waals surface area contributed by atoms with E-state index in [1.807, 2.05) is 17.9 Å². The van der Waals surface area contributed by atoms with E-state index in [1.165, 1.54) is 32.7 Å². The smallest absolute Gasteiger partial charge is 0.122 e. The van der Waals surface area contributed by atoms with Crippen molar-refractivity contribution in [3.8, 4) is 16.3 Å². The van der Waals surface area contributed by atoms with Gasteiger partial charge in [0.1, 0.15) is 5.81 Å². The van der Waals surface area contributed by atoms with Crippen molar-refractivity contribution in [2.75, 3.05) is 0 Å². The second-order valence-corrected chi connectivity index (χ2v) is 8.30. The first-order valence-corrected chi connectivity index (χ1v) is 11.1. The SMILES string of the molecule is N#CP=Cc1ccc(-c2ccc(C=C(c3ccccc3)c3ccccc3)cc2)s1. The molecule has 4 aromatic rings. The number of hydrogen-bond acceptors (Lipinski definition) is 2. The van der Waals surface area contributed by atoms with Crippen molar-refractivity contribution in [3.63, 3.8) is 0 Å². The molecule has 0 radical (unpaired) electrons. The lowest BCUT2D eigenvalue weighted by atomic mass is 9.95. The van der Waals surface area contributed by atoms with Crippen LogP contribution in [0.25, 0.3) is 22.1 Å². The van der Waals surface area contributed by atoms with Crippen LogP contribution in [0.3, 0.4) is 0 Å². The van der Waals surface area contributed by atoms with Gasteiger partial charge in [-0.05, 0) is 51.8 Å². The third-order valence-corrected chi connectivity index (χ3v) is 6.33. The summed E-state index contributed by atoms with van der Waals surface area (Å²) in [7, 11) is 0.686. The zero-order valence-corrected chi connectivity index (χ0v) is 17.4. The fourth-order valence-electron chi connectivity index (χ4n) is 3.15. The molecule has 0 fully saturated rings. The van der Waals surface area contributed by atoms with Gasteiger partial charge in [-0.15, -0.1) is 11.3 Å². The lowest BCUT2D eigenvalue weighted by molar-refractivity contribution is 1.55. The molecule has 1 heterocycles. The largest absolute Gasteiger partial charge is 0.188 e. The Morgan fingerprint density at radius 3 is 1.97 bits per heavy atom. The van der Waals surface area contributed by atoms with Crippen molar-refractivity contribution < 1.29 is 0 Å². The van der Waals surface area contributed by atoms with Crippen LogP contribution >= 0.6 is 19.5 Å². The predicted octanol–water partition coefficient (Wildman–Crippen LogP) is 7.58. The highest BCUT2D eigenvalue weighted by molar-refractivity contribution is 7.45. The second-order valence-electron chi connectivity index (χ2n) is 6.47. The minimum atomic E-state index is 0.686. The predicted molar refractivity (Wildman–Crippen MR) is 127 cm³/mol. The van der Waals surface area contributed by atoms with Crippen LogP contribution in [-0.4, -0.2) is 5.80 Å². The molecule has 0 amide bonds. The van der Waals surface area contributed by atoms with E-state index in [2.05, 4.69) is 96.8 Å². The van der Waals surface area contributed by atoms with Crippen LogP contribution in [0, 0.1) is 11.1 Å². The maximum Gasteiger partial charge on any atom is 0.122 e. The van der Waals surface area contributed by atoms with Gasteiger partial charge in [0.15, 0.2) is 0 Å². The van der Waals surface area contributed by atoms with E-state index >= 15 is 0 Å². The molecule has 0 unspecified atom stereocenters. The van der Waals surface area contributed by atoms with Crippen LogP contribution < -0.4 is 0 Å². The highest BCUT2D eigenvalue weighted by Crippen LogP contribution is 2.30. The molecule has 0 bridgehead atoms. The Bertz CT molecular complexity index is 1140.